The molecular formula is C15H18O2. The Morgan fingerprint density at radius 1 is 1.00 bits per heavy atom. The van der Waals surface area contributed by atoms with Gasteiger partial charge in [0.05, 0.1) is 6.10 Å². The number of benzene rings is 2. The number of aliphatic hydroxyl groups excluding tert-OH is 2. The summed E-state index contributed by atoms with van der Waals surface area (Å²) < 4.78 is 0. The Hall–Kier alpha value is -1.38. The van der Waals surface area contributed by atoms with E-state index in [-0.39, 0.29) is 12.7 Å². The Balaban J connectivity index is 2.18. The molecule has 2 N–H and O–H groups in total. The van der Waals surface area contributed by atoms with Crippen molar-refractivity contribution in [3.8, 4) is 0 Å². The Morgan fingerprint density at radius 2 is 1.76 bits per heavy atom. The van der Waals surface area contributed by atoms with E-state index in [1.165, 1.54) is 16.3 Å². The molecule has 0 fully saturated rings. The highest BCUT2D eigenvalue weighted by atomic mass is 16.3. The van der Waals surface area contributed by atoms with E-state index in [9.17, 15) is 5.11 Å². The van der Waals surface area contributed by atoms with Crippen molar-refractivity contribution in [3.05, 3.63) is 48.0 Å². The maximum Gasteiger partial charge on any atom is 0.0581 e. The fourth-order valence-electron chi connectivity index (χ4n) is 2.15. The van der Waals surface area contributed by atoms with Crippen molar-refractivity contribution in [2.24, 2.45) is 0 Å². The molecule has 0 amide bonds. The molecule has 0 aliphatic rings. The molecule has 17 heavy (non-hydrogen) atoms. The van der Waals surface area contributed by atoms with Crippen molar-refractivity contribution in [2.45, 2.75) is 25.4 Å². The number of hydrogen-bond acceptors (Lipinski definition) is 2. The normalized spacial score (nSPS) is 12.8. The summed E-state index contributed by atoms with van der Waals surface area (Å²) >= 11 is 0. The Labute approximate surface area is 102 Å². The van der Waals surface area contributed by atoms with Gasteiger partial charge >= 0.3 is 0 Å². The van der Waals surface area contributed by atoms with Crippen LogP contribution in [0.15, 0.2) is 42.5 Å². The topological polar surface area (TPSA) is 40.5 Å². The van der Waals surface area contributed by atoms with Gasteiger partial charge in [-0.3, -0.25) is 0 Å². The van der Waals surface area contributed by atoms with Crippen molar-refractivity contribution < 1.29 is 10.2 Å². The molecular weight excluding hydrogens is 212 g/mol. The standard InChI is InChI=1S/C15H18O2/c16-10-4-8-14(17)11-13-7-3-6-12-5-1-2-9-15(12)13/h1-3,5-7,9,14,16-17H,4,8,10-11H2. The van der Waals surface area contributed by atoms with Crippen LogP contribution < -0.4 is 0 Å². The van der Waals surface area contributed by atoms with Crippen LogP contribution in [0.1, 0.15) is 18.4 Å². The van der Waals surface area contributed by atoms with E-state index in [2.05, 4.69) is 24.3 Å². The second kappa shape index (κ2) is 5.80. The third-order valence-electron chi connectivity index (χ3n) is 3.03. The second-order valence-electron chi connectivity index (χ2n) is 4.36. The monoisotopic (exact) mass is 230 g/mol. The van der Waals surface area contributed by atoms with Gasteiger partial charge in [0, 0.05) is 6.61 Å². The summed E-state index contributed by atoms with van der Waals surface area (Å²) in [6.07, 6.45) is 1.60. The van der Waals surface area contributed by atoms with Crippen LogP contribution in [0.25, 0.3) is 10.8 Å². The lowest BCUT2D eigenvalue weighted by Crippen LogP contribution is -2.11. The summed E-state index contributed by atoms with van der Waals surface area (Å²) in [5, 5.41) is 21.0. The molecule has 1 unspecified atom stereocenters. The van der Waals surface area contributed by atoms with Crippen LogP contribution in [-0.2, 0) is 6.42 Å². The van der Waals surface area contributed by atoms with Gasteiger partial charge in [-0.25, -0.2) is 0 Å². The van der Waals surface area contributed by atoms with Gasteiger partial charge in [-0.1, -0.05) is 42.5 Å². The minimum Gasteiger partial charge on any atom is -0.396 e. The molecule has 0 saturated carbocycles. The first kappa shape index (κ1) is 12.1. The van der Waals surface area contributed by atoms with Gasteiger partial charge in [0.25, 0.3) is 0 Å². The van der Waals surface area contributed by atoms with E-state index in [0.29, 0.717) is 19.3 Å². The lowest BCUT2D eigenvalue weighted by Gasteiger charge is -2.11. The third kappa shape index (κ3) is 3.05. The summed E-state index contributed by atoms with van der Waals surface area (Å²) in [4.78, 5) is 0. The Kier molecular flexibility index (Phi) is 4.13. The Morgan fingerprint density at radius 3 is 2.59 bits per heavy atom. The first-order valence-corrected chi connectivity index (χ1v) is 6.07. The van der Waals surface area contributed by atoms with Crippen molar-refractivity contribution in [1.29, 1.82) is 0 Å². The lowest BCUT2D eigenvalue weighted by atomic mass is 9.98. The van der Waals surface area contributed by atoms with E-state index in [0.717, 1.165) is 0 Å². The average molecular weight is 230 g/mol. The van der Waals surface area contributed by atoms with Gasteiger partial charge in [0.15, 0.2) is 0 Å². The van der Waals surface area contributed by atoms with Crippen molar-refractivity contribution in [1.82, 2.24) is 0 Å². The van der Waals surface area contributed by atoms with E-state index in [1.807, 2.05) is 18.2 Å². The second-order valence-corrected chi connectivity index (χ2v) is 4.36. The molecule has 1 atom stereocenters. The molecule has 0 bridgehead atoms. The van der Waals surface area contributed by atoms with Crippen molar-refractivity contribution >= 4 is 10.8 Å². The average Bonchev–Trinajstić information content (AvgIpc) is 2.37. The molecule has 2 rings (SSSR count). The zero-order valence-electron chi connectivity index (χ0n) is 9.84. The van der Waals surface area contributed by atoms with Crippen LogP contribution in [-0.4, -0.2) is 22.9 Å². The van der Waals surface area contributed by atoms with Gasteiger partial charge in [0.1, 0.15) is 0 Å². The van der Waals surface area contributed by atoms with Crippen LogP contribution in [0.2, 0.25) is 0 Å². The quantitative estimate of drug-likeness (QED) is 0.828. The lowest BCUT2D eigenvalue weighted by molar-refractivity contribution is 0.150. The molecule has 0 radical (unpaired) electrons. The molecule has 90 valence electrons. The summed E-state index contributed by atoms with van der Waals surface area (Å²) in [6.45, 7) is 0.145. The van der Waals surface area contributed by atoms with Crippen molar-refractivity contribution in [2.75, 3.05) is 6.61 Å². The maximum absolute atomic E-state index is 9.88. The predicted octanol–water partition coefficient (Wildman–Crippen LogP) is 2.52. The molecule has 0 aliphatic heterocycles. The molecule has 0 aromatic heterocycles. The number of fused-ring (bicyclic) bond motifs is 1. The molecule has 2 heteroatoms. The van der Waals surface area contributed by atoms with Crippen LogP contribution in [0.5, 0.6) is 0 Å². The van der Waals surface area contributed by atoms with Gasteiger partial charge in [-0.15, -0.1) is 0 Å². The minimum absolute atomic E-state index is 0.145. The molecule has 0 heterocycles. The minimum atomic E-state index is -0.368. The van der Waals surface area contributed by atoms with Crippen LogP contribution in [0.4, 0.5) is 0 Å². The van der Waals surface area contributed by atoms with Crippen LogP contribution >= 0.6 is 0 Å². The fraction of sp³-hybridized carbons (Fsp3) is 0.333. The third-order valence-corrected chi connectivity index (χ3v) is 3.03. The SMILES string of the molecule is OCCCC(O)Cc1cccc2ccccc12. The highest BCUT2D eigenvalue weighted by molar-refractivity contribution is 5.85. The summed E-state index contributed by atoms with van der Waals surface area (Å²) in [5.74, 6) is 0. The van der Waals surface area contributed by atoms with Gasteiger partial charge < -0.3 is 10.2 Å². The smallest absolute Gasteiger partial charge is 0.0581 e. The predicted molar refractivity (Wildman–Crippen MR) is 70.0 cm³/mol. The largest absolute Gasteiger partial charge is 0.396 e. The van der Waals surface area contributed by atoms with Crippen LogP contribution in [0.3, 0.4) is 0 Å². The van der Waals surface area contributed by atoms with Gasteiger partial charge in [-0.2, -0.15) is 0 Å². The molecule has 2 aromatic rings. The summed E-state index contributed by atoms with van der Waals surface area (Å²) in [5.41, 5.74) is 1.17. The van der Waals surface area contributed by atoms with E-state index in [1.54, 1.807) is 0 Å². The van der Waals surface area contributed by atoms with Crippen LogP contribution in [0, 0.1) is 0 Å². The molecule has 0 saturated heterocycles. The highest BCUT2D eigenvalue weighted by Crippen LogP contribution is 2.20. The maximum atomic E-state index is 9.88. The number of rotatable bonds is 5. The first-order valence-electron chi connectivity index (χ1n) is 6.07. The van der Waals surface area contributed by atoms with E-state index >= 15 is 0 Å². The molecule has 0 aliphatic carbocycles. The molecule has 0 spiro atoms. The van der Waals surface area contributed by atoms with Gasteiger partial charge in [0.2, 0.25) is 0 Å². The van der Waals surface area contributed by atoms with E-state index in [4.69, 9.17) is 5.11 Å². The zero-order valence-corrected chi connectivity index (χ0v) is 9.84. The highest BCUT2D eigenvalue weighted by Gasteiger charge is 2.07. The van der Waals surface area contributed by atoms with Crippen molar-refractivity contribution in [3.63, 3.8) is 0 Å². The zero-order chi connectivity index (χ0) is 12.1. The van der Waals surface area contributed by atoms with E-state index < -0.39 is 0 Å². The Bertz CT molecular complexity index is 474. The van der Waals surface area contributed by atoms with Gasteiger partial charge in [-0.05, 0) is 35.6 Å². The summed E-state index contributed by atoms with van der Waals surface area (Å²) in [6, 6.07) is 14.4. The number of aliphatic hydroxyl groups is 2. The first-order chi connectivity index (χ1) is 8.31. The number of hydrogen-bond donors (Lipinski definition) is 2. The fourth-order valence-corrected chi connectivity index (χ4v) is 2.15. The molecule has 2 aromatic carbocycles. The molecule has 2 nitrogen and oxygen atoms in total. The summed E-state index contributed by atoms with van der Waals surface area (Å²) in [7, 11) is 0.